The maximum atomic E-state index is 14.2. The number of amides is 11. The third-order valence-corrected chi connectivity index (χ3v) is 18.4. The predicted molar refractivity (Wildman–Crippen MR) is 411 cm³/mol. The Balaban J connectivity index is 0.744. The number of unbranched alkanes of at least 4 members (excludes halogenated alkanes) is 1. The summed E-state index contributed by atoms with van der Waals surface area (Å²) in [6, 6.07) is 20.0. The van der Waals surface area contributed by atoms with E-state index in [0.29, 0.717) is 176 Å². The van der Waals surface area contributed by atoms with E-state index in [2.05, 4.69) is 47.2 Å². The van der Waals surface area contributed by atoms with Crippen molar-refractivity contribution in [2.45, 2.75) is 102 Å². The molecule has 1 aromatic heterocycles. The summed E-state index contributed by atoms with van der Waals surface area (Å²) < 4.78 is 43.2. The van der Waals surface area contributed by atoms with Crippen molar-refractivity contribution in [2.24, 2.45) is 10.7 Å². The summed E-state index contributed by atoms with van der Waals surface area (Å²) in [7, 11) is 1.62. The topological polar surface area (TPSA) is 427 Å². The molecular formula is C79H105N13O20. The van der Waals surface area contributed by atoms with Gasteiger partial charge in [0.05, 0.1) is 160 Å². The van der Waals surface area contributed by atoms with Gasteiger partial charge in [0.2, 0.25) is 53.2 Å². The van der Waals surface area contributed by atoms with E-state index in [4.69, 9.17) is 43.6 Å². The van der Waals surface area contributed by atoms with Gasteiger partial charge in [-0.1, -0.05) is 61.5 Å². The third kappa shape index (κ3) is 29.1. The summed E-state index contributed by atoms with van der Waals surface area (Å²) in [5.74, 6) is -5.39. The van der Waals surface area contributed by atoms with E-state index in [1.807, 2.05) is 25.1 Å². The molecule has 4 aliphatic rings. The van der Waals surface area contributed by atoms with Gasteiger partial charge in [-0.05, 0) is 91.1 Å². The van der Waals surface area contributed by atoms with Crippen LogP contribution in [0.15, 0.2) is 108 Å². The van der Waals surface area contributed by atoms with Crippen LogP contribution in [0.3, 0.4) is 0 Å². The molecule has 4 aromatic rings. The Morgan fingerprint density at radius 1 is 0.643 bits per heavy atom. The number of aliphatic imine (C=N–C) groups is 1. The minimum atomic E-state index is -1.20. The lowest BCUT2D eigenvalue weighted by molar-refractivity contribution is -0.134. The Morgan fingerprint density at radius 2 is 1.25 bits per heavy atom. The molecular weight excluding hydrogens is 1450 g/mol. The number of pyridine rings is 1. The number of fused-ring (bicyclic) bond motifs is 2. The minimum Gasteiger partial charge on any atom is -0.395 e. The molecule has 606 valence electrons. The van der Waals surface area contributed by atoms with Crippen LogP contribution in [0, 0.1) is 0 Å². The summed E-state index contributed by atoms with van der Waals surface area (Å²) in [5.41, 5.74) is 11.3. The number of carbonyl (C=O) groups is 11. The fourth-order valence-corrected chi connectivity index (χ4v) is 12.3. The lowest BCUT2D eigenvalue weighted by Gasteiger charge is -2.29. The fraction of sp³-hybridized carbons (Fsp3) is 0.506. The highest BCUT2D eigenvalue weighted by molar-refractivity contribution is 6.28. The molecule has 8 rings (SSSR count). The van der Waals surface area contributed by atoms with E-state index in [1.165, 1.54) is 12.1 Å². The third-order valence-electron chi connectivity index (χ3n) is 18.4. The van der Waals surface area contributed by atoms with Gasteiger partial charge in [0.15, 0.2) is 0 Å². The lowest BCUT2D eigenvalue weighted by atomic mass is 9.92. The quantitative estimate of drug-likeness (QED) is 0.0222. The number of ether oxygens (including phenoxy) is 8. The van der Waals surface area contributed by atoms with Crippen molar-refractivity contribution in [3.05, 3.63) is 136 Å². The number of aliphatic hydroxyl groups is 1. The Bertz CT molecular complexity index is 3890. The first kappa shape index (κ1) is 87.4. The molecule has 0 bridgehead atoms. The first-order chi connectivity index (χ1) is 54.4. The number of aromatic nitrogens is 1. The van der Waals surface area contributed by atoms with Crippen molar-refractivity contribution < 1.29 is 95.7 Å². The molecule has 3 aliphatic heterocycles. The number of amidine groups is 1. The highest BCUT2D eigenvalue weighted by atomic mass is 16.6. The lowest BCUT2D eigenvalue weighted by Crippen LogP contribution is -2.53. The predicted octanol–water partition coefficient (Wildman–Crippen LogP) is 1.32. The molecule has 0 radical (unpaired) electrons. The summed E-state index contributed by atoms with van der Waals surface area (Å²) in [6.45, 7) is 7.63. The van der Waals surface area contributed by atoms with Crippen LogP contribution in [0.1, 0.15) is 91.8 Å². The molecule has 0 unspecified atom stereocenters. The van der Waals surface area contributed by atoms with Gasteiger partial charge in [0.25, 0.3) is 11.8 Å². The molecule has 33 heteroatoms. The molecule has 0 saturated heterocycles. The van der Waals surface area contributed by atoms with E-state index in [9.17, 15) is 57.8 Å². The van der Waals surface area contributed by atoms with E-state index < -0.39 is 84.4 Å². The highest BCUT2D eigenvalue weighted by Crippen LogP contribution is 2.50. The molecule has 10 N–H and O–H groups in total. The molecule has 0 spiro atoms. The van der Waals surface area contributed by atoms with Gasteiger partial charge < -0.3 is 95.8 Å². The number of benzene rings is 3. The molecule has 1 fully saturated rings. The molecule has 33 nitrogen and oxygen atoms in total. The van der Waals surface area contributed by atoms with Gasteiger partial charge in [0.1, 0.15) is 17.9 Å². The number of nitrogens with two attached hydrogens (primary N) is 1. The van der Waals surface area contributed by atoms with Crippen LogP contribution >= 0.6 is 0 Å². The Kier molecular flexibility index (Phi) is 36.8. The van der Waals surface area contributed by atoms with Crippen molar-refractivity contribution in [1.82, 2.24) is 46.7 Å². The van der Waals surface area contributed by atoms with E-state index >= 15 is 0 Å². The Hall–Kier alpha value is -10.2. The first-order valence-electron chi connectivity index (χ1n) is 37.9. The normalized spacial score (nSPS) is 14.5. The number of aliphatic hydroxyl groups excluding tert-OH is 1. The van der Waals surface area contributed by atoms with Crippen molar-refractivity contribution in [1.29, 1.82) is 0 Å². The second kappa shape index (κ2) is 47.2. The average Bonchev–Trinajstić information content (AvgIpc) is 1.59. The molecule has 3 aromatic carbocycles. The van der Waals surface area contributed by atoms with Crippen LogP contribution in [0.4, 0.5) is 17.1 Å². The minimum absolute atomic E-state index is 0.0197. The second-order valence-corrected chi connectivity index (χ2v) is 26.9. The highest BCUT2D eigenvalue weighted by Gasteiger charge is 2.51. The van der Waals surface area contributed by atoms with Crippen molar-refractivity contribution in [2.75, 3.05) is 169 Å². The van der Waals surface area contributed by atoms with Crippen LogP contribution < -0.4 is 47.9 Å². The van der Waals surface area contributed by atoms with Gasteiger partial charge in [-0.2, -0.15) is 0 Å². The van der Waals surface area contributed by atoms with Crippen LogP contribution in [-0.4, -0.2) is 261 Å². The zero-order valence-corrected chi connectivity index (χ0v) is 63.7. The average molecular weight is 1560 g/mol. The summed E-state index contributed by atoms with van der Waals surface area (Å²) in [4.78, 5) is 160. The largest absolute Gasteiger partial charge is 0.395 e. The number of imide groups is 1. The van der Waals surface area contributed by atoms with Gasteiger partial charge in [-0.3, -0.25) is 57.7 Å². The summed E-state index contributed by atoms with van der Waals surface area (Å²) in [6.07, 6.45) is 8.82. The number of hydrogen-bond acceptors (Lipinski definition) is 23. The molecule has 11 amide bonds. The first-order valence-corrected chi connectivity index (χ1v) is 37.9. The SMILES string of the molecule is CCCN(CCO)C(=O)C1=Cc2ccc(C3(C(=O)Nc4cnc5c(c4)CN(C(=O)CNC(=O)[C@H](Cc4ccccc4)NC(=O)CNC(=O)CNC(=O)[C@H](CCCCNC(=O)CCOCCOCCOCCOCCOCCOCCOCCOC)NC(=O)Cc4ccc(N6C(=O)C=CC6=O)cc4)CC5)CC3)cc2N=C(N)C1. The van der Waals surface area contributed by atoms with Gasteiger partial charge in [0, 0.05) is 94.5 Å². The van der Waals surface area contributed by atoms with Crippen molar-refractivity contribution in [3.8, 4) is 0 Å². The second-order valence-electron chi connectivity index (χ2n) is 26.9. The van der Waals surface area contributed by atoms with Gasteiger partial charge in [-0.15, -0.1) is 0 Å². The number of hydrogen-bond donors (Lipinski definition) is 9. The summed E-state index contributed by atoms with van der Waals surface area (Å²) >= 11 is 0. The van der Waals surface area contributed by atoms with Crippen molar-refractivity contribution in [3.63, 3.8) is 0 Å². The van der Waals surface area contributed by atoms with Crippen molar-refractivity contribution >= 4 is 94.0 Å². The fourth-order valence-electron chi connectivity index (χ4n) is 12.3. The maximum absolute atomic E-state index is 14.2. The molecule has 4 heterocycles. The van der Waals surface area contributed by atoms with Crippen LogP contribution in [0.25, 0.3) is 6.08 Å². The number of carbonyl (C=O) groups excluding carboxylic acids is 11. The molecule has 1 saturated carbocycles. The number of anilines is 2. The number of nitrogens with zero attached hydrogens (tertiary/aromatic N) is 5. The van der Waals surface area contributed by atoms with Crippen LogP contribution in [-0.2, 0) is 122 Å². The number of nitrogens with one attached hydrogen (secondary N) is 7. The zero-order chi connectivity index (χ0) is 79.9. The monoisotopic (exact) mass is 1560 g/mol. The zero-order valence-electron chi connectivity index (χ0n) is 63.7. The van der Waals surface area contributed by atoms with Crippen LogP contribution in [0.5, 0.6) is 0 Å². The van der Waals surface area contributed by atoms with E-state index in [-0.39, 0.29) is 95.1 Å². The Labute approximate surface area is 651 Å². The van der Waals surface area contributed by atoms with Crippen LogP contribution in [0.2, 0.25) is 0 Å². The van der Waals surface area contributed by atoms with E-state index in [1.54, 1.807) is 77.7 Å². The maximum Gasteiger partial charge on any atom is 0.258 e. The van der Waals surface area contributed by atoms with E-state index in [0.717, 1.165) is 34.7 Å². The number of rotatable bonds is 52. The van der Waals surface area contributed by atoms with Gasteiger partial charge in [-0.25, -0.2) is 9.89 Å². The number of methoxy groups -OCH3 is 1. The molecule has 1 aliphatic carbocycles. The molecule has 2 atom stereocenters. The summed E-state index contributed by atoms with van der Waals surface area (Å²) in [5, 5.41) is 28.5. The Morgan fingerprint density at radius 3 is 1.88 bits per heavy atom. The van der Waals surface area contributed by atoms with Gasteiger partial charge >= 0.3 is 0 Å². The smallest absolute Gasteiger partial charge is 0.258 e. The molecule has 112 heavy (non-hydrogen) atoms. The standard InChI is InChI=1S/C79H105N13O20/c1-3-25-90(27-28-93)77(103)58-46-57-14-15-60(49-65(57)87-67(80)48-58)79(22-23-79)78(104)86-61-47-59-54-91(26-20-63(59)82-50-61)74(100)53-85-76(102)66(44-55-9-5-4-6-10-55)89-71(97)52-83-70(96)51-84-75(101)64(88-69(95)45-56-12-16-62(17-13-56)92-72(98)18-19-73(92)99)11-7-8-24-81-68(94)21-29-106-32-33-108-36-37-110-40-41-112-43-42-111-39-38-109-35-34-107-31-30-105-2/h4-6,9-10,12-19,46-47,49-50,64,66,93H,3,7-8,11,20-45,48,51-54H2,1-2H3,(H2,80,87)(H,81,94)(H,83,96)(H,84,101)(H,85,102)(H,86,104)(H,88,95)(H,89,97)/t64-,66-/m0/s1.